The standard InChI is InChI=1S/C12H18BrNO/c1-9(14)8-12(2,3)15-11-6-4-10(13)5-7-11/h4-7,9H,8,14H2,1-3H3. The maximum Gasteiger partial charge on any atom is 0.120 e. The SMILES string of the molecule is CC(N)CC(C)(C)Oc1ccc(Br)cc1. The van der Waals surface area contributed by atoms with E-state index in [0.29, 0.717) is 0 Å². The Morgan fingerprint density at radius 1 is 1.33 bits per heavy atom. The van der Waals surface area contributed by atoms with Crippen LogP contribution in [0.4, 0.5) is 0 Å². The molecule has 0 aliphatic heterocycles. The molecule has 0 amide bonds. The highest BCUT2D eigenvalue weighted by molar-refractivity contribution is 9.10. The van der Waals surface area contributed by atoms with Crippen molar-refractivity contribution >= 4 is 15.9 Å². The number of nitrogens with two attached hydrogens (primary N) is 1. The summed E-state index contributed by atoms with van der Waals surface area (Å²) in [5, 5.41) is 0. The summed E-state index contributed by atoms with van der Waals surface area (Å²) in [6, 6.07) is 7.99. The Morgan fingerprint density at radius 2 is 1.87 bits per heavy atom. The van der Waals surface area contributed by atoms with E-state index in [4.69, 9.17) is 10.5 Å². The molecule has 1 aromatic carbocycles. The molecule has 1 unspecified atom stereocenters. The summed E-state index contributed by atoms with van der Waals surface area (Å²) in [5.74, 6) is 0.879. The van der Waals surface area contributed by atoms with Crippen LogP contribution in [0.5, 0.6) is 5.75 Å². The molecule has 2 nitrogen and oxygen atoms in total. The highest BCUT2D eigenvalue weighted by Crippen LogP contribution is 2.23. The molecule has 0 bridgehead atoms. The van der Waals surface area contributed by atoms with E-state index in [-0.39, 0.29) is 11.6 Å². The molecule has 0 aliphatic carbocycles. The first-order valence-corrected chi connectivity index (χ1v) is 5.88. The van der Waals surface area contributed by atoms with Crippen LogP contribution in [-0.4, -0.2) is 11.6 Å². The average Bonchev–Trinajstić information content (AvgIpc) is 2.06. The number of rotatable bonds is 4. The second kappa shape index (κ2) is 4.99. The van der Waals surface area contributed by atoms with Gasteiger partial charge in [0.1, 0.15) is 11.4 Å². The lowest BCUT2D eigenvalue weighted by Crippen LogP contribution is -2.35. The van der Waals surface area contributed by atoms with Crippen molar-refractivity contribution in [3.8, 4) is 5.75 Å². The van der Waals surface area contributed by atoms with Crippen LogP contribution >= 0.6 is 15.9 Å². The lowest BCUT2D eigenvalue weighted by Gasteiger charge is -2.28. The lowest BCUT2D eigenvalue weighted by molar-refractivity contribution is 0.0933. The van der Waals surface area contributed by atoms with E-state index in [1.807, 2.05) is 31.2 Å². The fourth-order valence-electron chi connectivity index (χ4n) is 1.64. The number of ether oxygens (including phenoxy) is 1. The largest absolute Gasteiger partial charge is 0.488 e. The smallest absolute Gasteiger partial charge is 0.120 e. The summed E-state index contributed by atoms with van der Waals surface area (Å²) in [4.78, 5) is 0. The van der Waals surface area contributed by atoms with E-state index in [2.05, 4.69) is 29.8 Å². The van der Waals surface area contributed by atoms with Crippen LogP contribution in [0, 0.1) is 0 Å². The second-order valence-corrected chi connectivity index (χ2v) is 5.41. The van der Waals surface area contributed by atoms with Crippen molar-refractivity contribution in [3.63, 3.8) is 0 Å². The highest BCUT2D eigenvalue weighted by atomic mass is 79.9. The molecule has 15 heavy (non-hydrogen) atoms. The Bertz CT molecular complexity index is 306. The zero-order chi connectivity index (χ0) is 11.5. The Kier molecular flexibility index (Phi) is 4.17. The Labute approximate surface area is 99.9 Å². The van der Waals surface area contributed by atoms with Gasteiger partial charge in [-0.1, -0.05) is 15.9 Å². The average molecular weight is 272 g/mol. The van der Waals surface area contributed by atoms with Crippen LogP contribution in [0.15, 0.2) is 28.7 Å². The van der Waals surface area contributed by atoms with Crippen LogP contribution in [0.2, 0.25) is 0 Å². The molecule has 0 spiro atoms. The Balaban J connectivity index is 2.64. The molecule has 0 saturated carbocycles. The summed E-state index contributed by atoms with van der Waals surface area (Å²) in [6.45, 7) is 6.10. The Hall–Kier alpha value is -0.540. The fraction of sp³-hybridized carbons (Fsp3) is 0.500. The molecule has 2 N–H and O–H groups in total. The zero-order valence-corrected chi connectivity index (χ0v) is 11.0. The molecule has 1 atom stereocenters. The van der Waals surface area contributed by atoms with Gasteiger partial charge in [0.05, 0.1) is 0 Å². The van der Waals surface area contributed by atoms with Crippen LogP contribution in [0.3, 0.4) is 0 Å². The number of benzene rings is 1. The van der Waals surface area contributed by atoms with Crippen molar-refractivity contribution < 1.29 is 4.74 Å². The molecule has 84 valence electrons. The molecule has 1 aromatic rings. The maximum atomic E-state index is 5.87. The zero-order valence-electron chi connectivity index (χ0n) is 9.46. The molecule has 3 heteroatoms. The number of hydrogen-bond donors (Lipinski definition) is 1. The molecule has 0 radical (unpaired) electrons. The molecule has 0 aromatic heterocycles. The maximum absolute atomic E-state index is 5.87. The second-order valence-electron chi connectivity index (χ2n) is 4.50. The van der Waals surface area contributed by atoms with Gasteiger partial charge >= 0.3 is 0 Å². The predicted molar refractivity (Wildman–Crippen MR) is 67.1 cm³/mol. The summed E-state index contributed by atoms with van der Waals surface area (Å²) in [6.07, 6.45) is 0.836. The summed E-state index contributed by atoms with van der Waals surface area (Å²) in [7, 11) is 0. The van der Waals surface area contributed by atoms with Gasteiger partial charge < -0.3 is 10.5 Å². The Morgan fingerprint density at radius 3 is 2.33 bits per heavy atom. The van der Waals surface area contributed by atoms with Crippen molar-refractivity contribution in [2.24, 2.45) is 5.73 Å². The van der Waals surface area contributed by atoms with Crippen molar-refractivity contribution in [2.75, 3.05) is 0 Å². The topological polar surface area (TPSA) is 35.2 Å². The molecule has 0 heterocycles. The van der Waals surface area contributed by atoms with Crippen LogP contribution in [0.25, 0.3) is 0 Å². The minimum Gasteiger partial charge on any atom is -0.488 e. The van der Waals surface area contributed by atoms with E-state index in [1.54, 1.807) is 0 Å². The van der Waals surface area contributed by atoms with Gasteiger partial charge in [0, 0.05) is 16.9 Å². The molecule has 0 saturated heterocycles. The third-order valence-corrected chi connectivity index (χ3v) is 2.55. The first-order chi connectivity index (χ1) is 6.89. The monoisotopic (exact) mass is 271 g/mol. The molecule has 1 rings (SSSR count). The van der Waals surface area contributed by atoms with Gasteiger partial charge in [0.25, 0.3) is 0 Å². The quantitative estimate of drug-likeness (QED) is 0.912. The number of hydrogen-bond acceptors (Lipinski definition) is 2. The third-order valence-electron chi connectivity index (χ3n) is 2.02. The van der Waals surface area contributed by atoms with Gasteiger partial charge in [-0.25, -0.2) is 0 Å². The van der Waals surface area contributed by atoms with Gasteiger partial charge in [-0.15, -0.1) is 0 Å². The summed E-state index contributed by atoms with van der Waals surface area (Å²) < 4.78 is 6.92. The summed E-state index contributed by atoms with van der Waals surface area (Å²) in [5.41, 5.74) is 5.55. The van der Waals surface area contributed by atoms with Gasteiger partial charge in [0.15, 0.2) is 0 Å². The van der Waals surface area contributed by atoms with Gasteiger partial charge in [-0.05, 0) is 45.0 Å². The van der Waals surface area contributed by atoms with E-state index in [0.717, 1.165) is 16.6 Å². The molecule has 0 fully saturated rings. The normalized spacial score (nSPS) is 13.7. The van der Waals surface area contributed by atoms with Crippen molar-refractivity contribution in [1.29, 1.82) is 0 Å². The predicted octanol–water partition coefficient (Wildman–Crippen LogP) is 3.34. The highest BCUT2D eigenvalue weighted by Gasteiger charge is 2.21. The van der Waals surface area contributed by atoms with Crippen LogP contribution in [-0.2, 0) is 0 Å². The molecular formula is C12H18BrNO. The van der Waals surface area contributed by atoms with Gasteiger partial charge in [0.2, 0.25) is 0 Å². The minimum absolute atomic E-state index is 0.149. The fourth-order valence-corrected chi connectivity index (χ4v) is 1.90. The van der Waals surface area contributed by atoms with Crippen molar-refractivity contribution in [1.82, 2.24) is 0 Å². The van der Waals surface area contributed by atoms with Crippen molar-refractivity contribution in [2.45, 2.75) is 38.8 Å². The van der Waals surface area contributed by atoms with Crippen LogP contribution < -0.4 is 10.5 Å². The third kappa shape index (κ3) is 4.67. The molecule has 0 aliphatic rings. The molecular weight excluding hydrogens is 254 g/mol. The van der Waals surface area contributed by atoms with Gasteiger partial charge in [-0.2, -0.15) is 0 Å². The minimum atomic E-state index is -0.220. The summed E-state index contributed by atoms with van der Waals surface area (Å²) >= 11 is 3.39. The van der Waals surface area contributed by atoms with E-state index in [9.17, 15) is 0 Å². The van der Waals surface area contributed by atoms with Crippen LogP contribution in [0.1, 0.15) is 27.2 Å². The first-order valence-electron chi connectivity index (χ1n) is 5.09. The van der Waals surface area contributed by atoms with E-state index >= 15 is 0 Å². The lowest BCUT2D eigenvalue weighted by atomic mass is 10.0. The van der Waals surface area contributed by atoms with E-state index < -0.39 is 0 Å². The van der Waals surface area contributed by atoms with E-state index in [1.165, 1.54) is 0 Å². The van der Waals surface area contributed by atoms with Crippen molar-refractivity contribution in [3.05, 3.63) is 28.7 Å². The number of halogens is 1. The first kappa shape index (κ1) is 12.5. The van der Waals surface area contributed by atoms with Gasteiger partial charge in [-0.3, -0.25) is 0 Å².